The number of rotatable bonds is 2. The minimum Gasteiger partial charge on any atom is -0.493 e. The third-order valence-corrected chi connectivity index (χ3v) is 4.75. The van der Waals surface area contributed by atoms with Crippen LogP contribution in [-0.4, -0.2) is 12.5 Å². The highest BCUT2D eigenvalue weighted by Gasteiger charge is 2.23. The zero-order valence-corrected chi connectivity index (χ0v) is 13.3. The summed E-state index contributed by atoms with van der Waals surface area (Å²) in [4.78, 5) is 12.5. The van der Waals surface area contributed by atoms with Gasteiger partial charge in [0.1, 0.15) is 5.75 Å². The number of carbonyl (C=O) groups excluding carboxylic acids is 1. The summed E-state index contributed by atoms with van der Waals surface area (Å²) < 4.78 is 6.47. The number of hydrogen-bond donors (Lipinski definition) is 1. The molecule has 1 atom stereocenters. The van der Waals surface area contributed by atoms with Gasteiger partial charge in [-0.2, -0.15) is 0 Å². The van der Waals surface area contributed by atoms with Gasteiger partial charge in [-0.1, -0.05) is 30.3 Å². The molecule has 1 unspecified atom stereocenters. The van der Waals surface area contributed by atoms with Crippen molar-refractivity contribution in [1.82, 2.24) is 5.32 Å². The zero-order valence-electron chi connectivity index (χ0n) is 11.7. The Bertz CT molecular complexity index is 684. The molecule has 0 bridgehead atoms. The van der Waals surface area contributed by atoms with Crippen molar-refractivity contribution in [1.29, 1.82) is 0 Å². The Kier molecular flexibility index (Phi) is 3.97. The summed E-state index contributed by atoms with van der Waals surface area (Å²) in [6.45, 7) is 2.60. The molecule has 1 aliphatic rings. The first-order valence-corrected chi connectivity index (χ1v) is 7.74. The number of aryl methyl sites for hydroxylation is 1. The van der Waals surface area contributed by atoms with Gasteiger partial charge in [-0.05, 0) is 40.5 Å². The summed E-state index contributed by atoms with van der Waals surface area (Å²) >= 11 is 3.49. The number of fused-ring (bicyclic) bond motifs is 1. The molecule has 1 N–H and O–H groups in total. The molecular formula is C17H16BrNO2. The Balaban J connectivity index is 1.85. The molecule has 1 aliphatic heterocycles. The quantitative estimate of drug-likeness (QED) is 0.892. The zero-order chi connectivity index (χ0) is 14.8. The van der Waals surface area contributed by atoms with Gasteiger partial charge in [-0.3, -0.25) is 4.79 Å². The van der Waals surface area contributed by atoms with E-state index in [2.05, 4.69) is 21.2 Å². The van der Waals surface area contributed by atoms with Crippen molar-refractivity contribution in [2.24, 2.45) is 0 Å². The van der Waals surface area contributed by atoms with Crippen molar-refractivity contribution in [2.45, 2.75) is 19.4 Å². The fourth-order valence-corrected chi connectivity index (χ4v) is 3.00. The van der Waals surface area contributed by atoms with Crippen LogP contribution < -0.4 is 10.1 Å². The molecule has 0 saturated carbocycles. The second-order valence-corrected chi connectivity index (χ2v) is 5.93. The van der Waals surface area contributed by atoms with Crippen molar-refractivity contribution in [3.8, 4) is 5.75 Å². The SMILES string of the molecule is Cc1cccc(C(=O)NC2CCOc3ccccc32)c1Br. The van der Waals surface area contributed by atoms with Crippen molar-refractivity contribution in [3.05, 3.63) is 63.6 Å². The lowest BCUT2D eigenvalue weighted by molar-refractivity contribution is 0.0924. The van der Waals surface area contributed by atoms with E-state index >= 15 is 0 Å². The fraction of sp³-hybridized carbons (Fsp3) is 0.235. The van der Waals surface area contributed by atoms with Crippen molar-refractivity contribution < 1.29 is 9.53 Å². The summed E-state index contributed by atoms with van der Waals surface area (Å²) in [5.41, 5.74) is 2.76. The van der Waals surface area contributed by atoms with Crippen LogP contribution in [0.4, 0.5) is 0 Å². The lowest BCUT2D eigenvalue weighted by Crippen LogP contribution is -2.32. The van der Waals surface area contributed by atoms with Gasteiger partial charge in [0.05, 0.1) is 18.2 Å². The van der Waals surface area contributed by atoms with Gasteiger partial charge in [-0.25, -0.2) is 0 Å². The van der Waals surface area contributed by atoms with E-state index in [1.165, 1.54) is 0 Å². The molecule has 108 valence electrons. The lowest BCUT2D eigenvalue weighted by atomic mass is 10.00. The van der Waals surface area contributed by atoms with Crippen LogP contribution in [0.2, 0.25) is 0 Å². The van der Waals surface area contributed by atoms with E-state index < -0.39 is 0 Å². The number of ether oxygens (including phenoxy) is 1. The van der Waals surface area contributed by atoms with Crippen LogP contribution in [0, 0.1) is 6.92 Å². The van der Waals surface area contributed by atoms with E-state index in [0.717, 1.165) is 27.8 Å². The smallest absolute Gasteiger partial charge is 0.252 e. The van der Waals surface area contributed by atoms with E-state index in [4.69, 9.17) is 4.74 Å². The monoisotopic (exact) mass is 345 g/mol. The Morgan fingerprint density at radius 2 is 2.05 bits per heavy atom. The van der Waals surface area contributed by atoms with Crippen LogP contribution in [0.3, 0.4) is 0 Å². The third kappa shape index (κ3) is 2.81. The largest absolute Gasteiger partial charge is 0.493 e. The molecular weight excluding hydrogens is 330 g/mol. The maximum Gasteiger partial charge on any atom is 0.252 e. The molecule has 0 aliphatic carbocycles. The van der Waals surface area contributed by atoms with E-state index in [0.29, 0.717) is 12.2 Å². The average molecular weight is 346 g/mol. The van der Waals surface area contributed by atoms with Gasteiger partial charge in [0.2, 0.25) is 0 Å². The van der Waals surface area contributed by atoms with Crippen LogP contribution >= 0.6 is 15.9 Å². The summed E-state index contributed by atoms with van der Waals surface area (Å²) in [5.74, 6) is 0.796. The highest BCUT2D eigenvalue weighted by Crippen LogP contribution is 2.32. The molecule has 0 spiro atoms. The average Bonchev–Trinajstić information content (AvgIpc) is 2.50. The minimum atomic E-state index is -0.0627. The van der Waals surface area contributed by atoms with Gasteiger partial charge < -0.3 is 10.1 Å². The molecule has 3 nitrogen and oxygen atoms in total. The molecule has 0 fully saturated rings. The van der Waals surface area contributed by atoms with E-state index in [9.17, 15) is 4.79 Å². The first-order chi connectivity index (χ1) is 10.2. The number of benzene rings is 2. The molecule has 2 aromatic rings. The second-order valence-electron chi connectivity index (χ2n) is 5.14. The molecule has 3 rings (SSSR count). The minimum absolute atomic E-state index is 0.00476. The van der Waals surface area contributed by atoms with Crippen LogP contribution in [0.15, 0.2) is 46.9 Å². The van der Waals surface area contributed by atoms with Gasteiger partial charge >= 0.3 is 0 Å². The van der Waals surface area contributed by atoms with Crippen molar-refractivity contribution in [2.75, 3.05) is 6.61 Å². The van der Waals surface area contributed by atoms with Crippen LogP contribution in [0.1, 0.15) is 33.9 Å². The topological polar surface area (TPSA) is 38.3 Å². The molecule has 4 heteroatoms. The molecule has 2 aromatic carbocycles. The Morgan fingerprint density at radius 1 is 1.24 bits per heavy atom. The summed E-state index contributed by atoms with van der Waals surface area (Å²) in [6, 6.07) is 13.6. The van der Waals surface area contributed by atoms with Gasteiger partial charge in [0, 0.05) is 16.5 Å². The standard InChI is InChI=1S/C17H16BrNO2/c1-11-5-4-7-13(16(11)18)17(20)19-14-9-10-21-15-8-3-2-6-12(14)15/h2-8,14H,9-10H2,1H3,(H,19,20). The summed E-state index contributed by atoms with van der Waals surface area (Å²) in [5, 5.41) is 3.11. The van der Waals surface area contributed by atoms with E-state index in [1.54, 1.807) is 0 Å². The highest BCUT2D eigenvalue weighted by molar-refractivity contribution is 9.10. The number of halogens is 1. The molecule has 21 heavy (non-hydrogen) atoms. The molecule has 1 amide bonds. The Hall–Kier alpha value is -1.81. The maximum atomic E-state index is 12.5. The van der Waals surface area contributed by atoms with Gasteiger partial charge in [-0.15, -0.1) is 0 Å². The molecule has 0 aromatic heterocycles. The number of amides is 1. The Labute approximate surface area is 132 Å². The maximum absolute atomic E-state index is 12.5. The summed E-state index contributed by atoms with van der Waals surface area (Å²) in [7, 11) is 0. The summed E-state index contributed by atoms with van der Waals surface area (Å²) in [6.07, 6.45) is 0.784. The first-order valence-electron chi connectivity index (χ1n) is 6.94. The number of para-hydroxylation sites is 1. The van der Waals surface area contributed by atoms with Crippen LogP contribution in [-0.2, 0) is 0 Å². The van der Waals surface area contributed by atoms with Gasteiger partial charge in [0.15, 0.2) is 0 Å². The normalized spacial score (nSPS) is 16.8. The van der Waals surface area contributed by atoms with Crippen LogP contribution in [0.5, 0.6) is 5.75 Å². The van der Waals surface area contributed by atoms with Crippen molar-refractivity contribution >= 4 is 21.8 Å². The predicted molar refractivity (Wildman–Crippen MR) is 85.6 cm³/mol. The molecule has 0 saturated heterocycles. The molecule has 1 heterocycles. The van der Waals surface area contributed by atoms with E-state index in [1.807, 2.05) is 49.4 Å². The van der Waals surface area contributed by atoms with E-state index in [-0.39, 0.29) is 11.9 Å². The first kappa shape index (κ1) is 14.1. The fourth-order valence-electron chi connectivity index (χ4n) is 2.55. The number of nitrogens with one attached hydrogen (secondary N) is 1. The van der Waals surface area contributed by atoms with Gasteiger partial charge in [0.25, 0.3) is 5.91 Å². The highest BCUT2D eigenvalue weighted by atomic mass is 79.9. The number of hydrogen-bond acceptors (Lipinski definition) is 2. The third-order valence-electron chi connectivity index (χ3n) is 3.70. The lowest BCUT2D eigenvalue weighted by Gasteiger charge is -2.26. The van der Waals surface area contributed by atoms with Crippen LogP contribution in [0.25, 0.3) is 0 Å². The predicted octanol–water partition coefficient (Wildman–Crippen LogP) is 4.01. The Morgan fingerprint density at radius 3 is 2.90 bits per heavy atom. The number of carbonyl (C=O) groups is 1. The van der Waals surface area contributed by atoms with Crippen molar-refractivity contribution in [3.63, 3.8) is 0 Å². The second kappa shape index (κ2) is 5.90. The molecule has 0 radical (unpaired) electrons.